The Morgan fingerprint density at radius 3 is 1.97 bits per heavy atom. The molecule has 1 N–H and O–H groups in total. The van der Waals surface area contributed by atoms with E-state index in [4.69, 9.17) is 0 Å². The SMILES string of the molecule is Cc1ccc(C(=O)C(c2ccc(C)cc2)N2C(=O)NC(C)(c3ccccc3)C2=O)cc1. The summed E-state index contributed by atoms with van der Waals surface area (Å²) in [4.78, 5) is 41.3. The molecule has 1 saturated heterocycles. The van der Waals surface area contributed by atoms with E-state index in [2.05, 4.69) is 5.32 Å². The molecule has 3 aromatic rings. The van der Waals surface area contributed by atoms with E-state index in [0.717, 1.165) is 16.0 Å². The van der Waals surface area contributed by atoms with Crippen LogP contribution in [0.5, 0.6) is 0 Å². The fourth-order valence-electron chi connectivity index (χ4n) is 3.90. The molecule has 0 aromatic heterocycles. The van der Waals surface area contributed by atoms with Crippen LogP contribution in [0.25, 0.3) is 0 Å². The van der Waals surface area contributed by atoms with Crippen LogP contribution in [0.1, 0.15) is 45.6 Å². The number of carbonyl (C=O) groups is 3. The van der Waals surface area contributed by atoms with Gasteiger partial charge in [0.05, 0.1) is 0 Å². The molecular formula is C26H24N2O3. The van der Waals surface area contributed by atoms with Crippen molar-refractivity contribution >= 4 is 17.7 Å². The topological polar surface area (TPSA) is 66.5 Å². The second-order valence-electron chi connectivity index (χ2n) is 8.14. The number of imide groups is 1. The zero-order valence-electron chi connectivity index (χ0n) is 17.8. The maximum absolute atomic E-state index is 13.6. The smallest absolute Gasteiger partial charge is 0.319 e. The van der Waals surface area contributed by atoms with Crippen molar-refractivity contribution < 1.29 is 14.4 Å². The van der Waals surface area contributed by atoms with Crippen LogP contribution < -0.4 is 5.32 Å². The van der Waals surface area contributed by atoms with Crippen LogP contribution in [0.4, 0.5) is 4.79 Å². The summed E-state index contributed by atoms with van der Waals surface area (Å²) in [5.41, 5.74) is 2.52. The Balaban J connectivity index is 1.80. The Labute approximate surface area is 181 Å². The van der Waals surface area contributed by atoms with E-state index in [1.54, 1.807) is 43.3 Å². The third-order valence-corrected chi connectivity index (χ3v) is 5.81. The van der Waals surface area contributed by atoms with Crippen molar-refractivity contribution in [2.45, 2.75) is 32.4 Å². The number of aryl methyl sites for hydroxylation is 2. The lowest BCUT2D eigenvalue weighted by Crippen LogP contribution is -2.42. The predicted molar refractivity (Wildman–Crippen MR) is 119 cm³/mol. The van der Waals surface area contributed by atoms with Crippen LogP contribution >= 0.6 is 0 Å². The summed E-state index contributed by atoms with van der Waals surface area (Å²) in [7, 11) is 0. The molecule has 3 amide bonds. The van der Waals surface area contributed by atoms with Gasteiger partial charge in [0.15, 0.2) is 5.78 Å². The zero-order chi connectivity index (χ0) is 22.2. The summed E-state index contributed by atoms with van der Waals surface area (Å²) in [6, 6.07) is 21.9. The van der Waals surface area contributed by atoms with Gasteiger partial charge in [-0.2, -0.15) is 0 Å². The van der Waals surface area contributed by atoms with E-state index >= 15 is 0 Å². The summed E-state index contributed by atoms with van der Waals surface area (Å²) >= 11 is 0. The van der Waals surface area contributed by atoms with E-state index < -0.39 is 23.5 Å². The largest absolute Gasteiger partial charge is 0.326 e. The molecule has 2 atom stereocenters. The van der Waals surface area contributed by atoms with Gasteiger partial charge >= 0.3 is 6.03 Å². The van der Waals surface area contributed by atoms with Crippen LogP contribution in [-0.2, 0) is 10.3 Å². The summed E-state index contributed by atoms with van der Waals surface area (Å²) in [5, 5.41) is 2.81. The minimum Gasteiger partial charge on any atom is -0.319 e. The highest BCUT2D eigenvalue weighted by Gasteiger charge is 2.53. The minimum atomic E-state index is -1.24. The zero-order valence-corrected chi connectivity index (χ0v) is 17.8. The fraction of sp³-hybridized carbons (Fsp3) is 0.192. The molecular weight excluding hydrogens is 388 g/mol. The highest BCUT2D eigenvalue weighted by atomic mass is 16.2. The molecule has 0 spiro atoms. The third kappa shape index (κ3) is 3.63. The number of hydrogen-bond donors (Lipinski definition) is 1. The fourth-order valence-corrected chi connectivity index (χ4v) is 3.90. The van der Waals surface area contributed by atoms with Crippen molar-refractivity contribution in [3.63, 3.8) is 0 Å². The first kappa shape index (κ1) is 20.5. The maximum Gasteiger partial charge on any atom is 0.326 e. The predicted octanol–water partition coefficient (Wildman–Crippen LogP) is 4.69. The van der Waals surface area contributed by atoms with Crippen molar-refractivity contribution in [1.82, 2.24) is 10.2 Å². The average molecular weight is 412 g/mol. The van der Waals surface area contributed by atoms with Gasteiger partial charge in [-0.3, -0.25) is 9.59 Å². The number of urea groups is 1. The molecule has 0 radical (unpaired) electrons. The number of Topliss-reactive ketones (excluding diaryl/α,β-unsaturated/α-hetero) is 1. The van der Waals surface area contributed by atoms with Crippen molar-refractivity contribution in [2.75, 3.05) is 0 Å². The molecule has 5 nitrogen and oxygen atoms in total. The third-order valence-electron chi connectivity index (χ3n) is 5.81. The quantitative estimate of drug-likeness (QED) is 0.488. The number of benzene rings is 3. The molecule has 4 rings (SSSR count). The Morgan fingerprint density at radius 1 is 0.839 bits per heavy atom. The van der Waals surface area contributed by atoms with E-state index in [1.807, 2.05) is 56.3 Å². The molecule has 0 aliphatic carbocycles. The van der Waals surface area contributed by atoms with Crippen LogP contribution in [0.15, 0.2) is 78.9 Å². The molecule has 5 heteroatoms. The number of nitrogens with zero attached hydrogens (tertiary/aromatic N) is 1. The highest BCUT2D eigenvalue weighted by Crippen LogP contribution is 2.36. The van der Waals surface area contributed by atoms with Gasteiger partial charge in [-0.1, -0.05) is 90.0 Å². The number of rotatable bonds is 5. The Bertz CT molecular complexity index is 1140. The van der Waals surface area contributed by atoms with Crippen LogP contribution in [0, 0.1) is 13.8 Å². The van der Waals surface area contributed by atoms with Crippen LogP contribution in [0.2, 0.25) is 0 Å². The molecule has 0 saturated carbocycles. The van der Waals surface area contributed by atoms with Crippen molar-refractivity contribution in [3.05, 3.63) is 107 Å². The van der Waals surface area contributed by atoms with Gasteiger partial charge in [0.1, 0.15) is 11.6 Å². The lowest BCUT2D eigenvalue weighted by molar-refractivity contribution is -0.132. The molecule has 0 bridgehead atoms. The summed E-state index contributed by atoms with van der Waals surface area (Å²) < 4.78 is 0. The standard InChI is InChI=1S/C26H24N2O3/c1-17-9-13-19(14-10-17)22(23(29)20-15-11-18(2)12-16-20)28-24(30)26(3,27-25(28)31)21-7-5-4-6-8-21/h4-16,22H,1-3H3,(H,27,31). The molecule has 1 aliphatic rings. The van der Waals surface area contributed by atoms with Gasteiger partial charge in [0.25, 0.3) is 5.91 Å². The second kappa shape index (κ2) is 7.84. The van der Waals surface area contributed by atoms with Gasteiger partial charge in [-0.25, -0.2) is 9.69 Å². The number of ketones is 1. The normalized spacial score (nSPS) is 19.3. The summed E-state index contributed by atoms with van der Waals surface area (Å²) in [6.45, 7) is 5.56. The molecule has 3 aromatic carbocycles. The monoisotopic (exact) mass is 412 g/mol. The number of hydrogen-bond acceptors (Lipinski definition) is 3. The van der Waals surface area contributed by atoms with Gasteiger partial charge in [0.2, 0.25) is 0 Å². The maximum atomic E-state index is 13.6. The van der Waals surface area contributed by atoms with Gasteiger partial charge in [-0.05, 0) is 31.9 Å². The second-order valence-corrected chi connectivity index (χ2v) is 8.14. The first-order valence-electron chi connectivity index (χ1n) is 10.2. The average Bonchev–Trinajstić information content (AvgIpc) is 3.00. The number of amides is 3. The Kier molecular flexibility index (Phi) is 5.19. The first-order valence-corrected chi connectivity index (χ1v) is 10.2. The molecule has 1 heterocycles. The van der Waals surface area contributed by atoms with Gasteiger partial charge in [-0.15, -0.1) is 0 Å². The minimum absolute atomic E-state index is 0.301. The number of nitrogens with one attached hydrogen (secondary N) is 1. The molecule has 1 aliphatic heterocycles. The van der Waals surface area contributed by atoms with Crippen LogP contribution in [-0.4, -0.2) is 22.6 Å². The lowest BCUT2D eigenvalue weighted by atomic mass is 9.90. The van der Waals surface area contributed by atoms with E-state index in [9.17, 15) is 14.4 Å². The van der Waals surface area contributed by atoms with Crippen molar-refractivity contribution in [3.8, 4) is 0 Å². The van der Waals surface area contributed by atoms with Gasteiger partial charge in [0, 0.05) is 5.56 Å². The van der Waals surface area contributed by atoms with Crippen LogP contribution in [0.3, 0.4) is 0 Å². The van der Waals surface area contributed by atoms with E-state index in [1.165, 1.54) is 0 Å². The summed E-state index contributed by atoms with van der Waals surface area (Å²) in [5.74, 6) is -0.751. The molecule has 31 heavy (non-hydrogen) atoms. The molecule has 1 fully saturated rings. The Hall–Kier alpha value is -3.73. The van der Waals surface area contributed by atoms with E-state index in [-0.39, 0.29) is 5.78 Å². The first-order chi connectivity index (χ1) is 14.8. The summed E-state index contributed by atoms with van der Waals surface area (Å²) in [6.07, 6.45) is 0. The molecule has 2 unspecified atom stereocenters. The van der Waals surface area contributed by atoms with Gasteiger partial charge < -0.3 is 5.32 Å². The lowest BCUT2D eigenvalue weighted by Gasteiger charge is -2.27. The Morgan fingerprint density at radius 2 is 1.39 bits per heavy atom. The van der Waals surface area contributed by atoms with Crippen molar-refractivity contribution in [2.24, 2.45) is 0 Å². The highest BCUT2D eigenvalue weighted by molar-refractivity contribution is 6.12. The molecule has 156 valence electrons. The van der Waals surface area contributed by atoms with Crippen molar-refractivity contribution in [1.29, 1.82) is 0 Å². The number of carbonyl (C=O) groups excluding carboxylic acids is 3. The van der Waals surface area contributed by atoms with E-state index in [0.29, 0.717) is 16.7 Å².